The Bertz CT molecular complexity index is 810. The molecule has 0 aliphatic carbocycles. The van der Waals surface area contributed by atoms with Gasteiger partial charge in [0.15, 0.2) is 9.84 Å². The zero-order valence-corrected chi connectivity index (χ0v) is 12.9. The first-order chi connectivity index (χ1) is 10.5. The van der Waals surface area contributed by atoms with Gasteiger partial charge < -0.3 is 9.84 Å². The molecule has 1 atom stereocenters. The normalized spacial score (nSPS) is 18.9. The van der Waals surface area contributed by atoms with E-state index in [4.69, 9.17) is 4.52 Å². The minimum Gasteiger partial charge on any atom is -0.361 e. The second kappa shape index (κ2) is 5.57. The van der Waals surface area contributed by atoms with E-state index in [9.17, 15) is 13.2 Å². The van der Waals surface area contributed by atoms with Crippen molar-refractivity contribution in [3.8, 4) is 0 Å². The topological polar surface area (TPSA) is 89.3 Å². The van der Waals surface area contributed by atoms with Crippen LogP contribution < -0.4 is 5.32 Å². The molecule has 0 spiro atoms. The van der Waals surface area contributed by atoms with Crippen molar-refractivity contribution >= 4 is 15.7 Å². The number of benzene rings is 1. The quantitative estimate of drug-likeness (QED) is 0.909. The van der Waals surface area contributed by atoms with Crippen molar-refractivity contribution in [3.63, 3.8) is 0 Å². The van der Waals surface area contributed by atoms with Crippen molar-refractivity contribution < 1.29 is 17.7 Å². The Morgan fingerprint density at radius 3 is 2.86 bits per heavy atom. The van der Waals surface area contributed by atoms with Gasteiger partial charge in [-0.15, -0.1) is 0 Å². The number of hydrogen-bond acceptors (Lipinski definition) is 5. The number of nitrogens with zero attached hydrogens (tertiary/aromatic N) is 1. The summed E-state index contributed by atoms with van der Waals surface area (Å²) in [5.41, 5.74) is 1.48. The Hall–Kier alpha value is -2.15. The van der Waals surface area contributed by atoms with E-state index < -0.39 is 21.0 Å². The van der Waals surface area contributed by atoms with Gasteiger partial charge in [0, 0.05) is 19.0 Å². The van der Waals surface area contributed by atoms with Crippen LogP contribution in [0.3, 0.4) is 0 Å². The van der Waals surface area contributed by atoms with Crippen molar-refractivity contribution in [1.29, 1.82) is 0 Å². The summed E-state index contributed by atoms with van der Waals surface area (Å²) in [6.45, 7) is 2.13. The number of rotatable bonds is 4. The average Bonchev–Trinajstić information content (AvgIpc) is 3.01. The first kappa shape index (κ1) is 14.8. The molecule has 1 aromatic heterocycles. The molecular weight excluding hydrogens is 304 g/mol. The van der Waals surface area contributed by atoms with Gasteiger partial charge in [0.25, 0.3) is 0 Å². The van der Waals surface area contributed by atoms with E-state index in [1.165, 1.54) is 0 Å². The third-order valence-electron chi connectivity index (χ3n) is 3.70. The molecule has 116 valence electrons. The lowest BCUT2D eigenvalue weighted by molar-refractivity contribution is -0.120. The average molecular weight is 320 g/mol. The SMILES string of the molecule is Cc1cc(CCNC(=O)C2Cc3ccccc3S2(=O)=O)on1. The summed E-state index contributed by atoms with van der Waals surface area (Å²) >= 11 is 0. The maximum atomic E-state index is 12.4. The fourth-order valence-corrected chi connectivity index (χ4v) is 4.46. The smallest absolute Gasteiger partial charge is 0.239 e. The minimum absolute atomic E-state index is 0.228. The van der Waals surface area contributed by atoms with Gasteiger partial charge in [-0.3, -0.25) is 4.79 Å². The Morgan fingerprint density at radius 1 is 1.41 bits per heavy atom. The first-order valence-electron chi connectivity index (χ1n) is 7.00. The lowest BCUT2D eigenvalue weighted by atomic mass is 10.1. The number of aryl methyl sites for hydroxylation is 1. The van der Waals surface area contributed by atoms with Gasteiger partial charge in [-0.1, -0.05) is 23.4 Å². The van der Waals surface area contributed by atoms with Crippen molar-refractivity contribution in [3.05, 3.63) is 47.3 Å². The molecular formula is C15H16N2O4S. The van der Waals surface area contributed by atoms with E-state index >= 15 is 0 Å². The molecule has 0 saturated heterocycles. The molecule has 1 amide bonds. The Morgan fingerprint density at radius 2 is 2.18 bits per heavy atom. The number of amides is 1. The first-order valence-corrected chi connectivity index (χ1v) is 8.55. The Labute approximate surface area is 128 Å². The fraction of sp³-hybridized carbons (Fsp3) is 0.333. The Balaban J connectivity index is 1.64. The molecule has 2 heterocycles. The maximum absolute atomic E-state index is 12.4. The lowest BCUT2D eigenvalue weighted by Crippen LogP contribution is -2.39. The molecule has 2 aromatic rings. The molecule has 0 radical (unpaired) electrons. The molecule has 1 unspecified atom stereocenters. The third kappa shape index (κ3) is 2.64. The van der Waals surface area contributed by atoms with Crippen LogP contribution in [0.1, 0.15) is 17.0 Å². The molecule has 0 saturated carbocycles. The summed E-state index contributed by atoms with van der Waals surface area (Å²) in [4.78, 5) is 12.5. The molecule has 7 heteroatoms. The molecule has 3 rings (SSSR count). The Kier molecular flexibility index (Phi) is 3.74. The van der Waals surface area contributed by atoms with Gasteiger partial charge in [-0.05, 0) is 25.0 Å². The van der Waals surface area contributed by atoms with E-state index in [0.29, 0.717) is 24.3 Å². The van der Waals surface area contributed by atoms with Crippen molar-refractivity contribution in [2.75, 3.05) is 6.54 Å². The molecule has 1 aliphatic rings. The number of hydrogen-bond donors (Lipinski definition) is 1. The predicted octanol–water partition coefficient (Wildman–Crippen LogP) is 1.04. The largest absolute Gasteiger partial charge is 0.361 e. The van der Waals surface area contributed by atoms with Crippen LogP contribution in [-0.2, 0) is 27.5 Å². The molecule has 1 aromatic carbocycles. The molecule has 1 aliphatic heterocycles. The minimum atomic E-state index is -3.58. The van der Waals surface area contributed by atoms with Crippen LogP contribution in [0.2, 0.25) is 0 Å². The zero-order valence-electron chi connectivity index (χ0n) is 12.1. The number of fused-ring (bicyclic) bond motifs is 1. The number of aromatic nitrogens is 1. The van der Waals surface area contributed by atoms with Crippen molar-refractivity contribution in [2.45, 2.75) is 29.9 Å². The number of nitrogens with one attached hydrogen (secondary N) is 1. The highest BCUT2D eigenvalue weighted by Gasteiger charge is 2.41. The van der Waals surface area contributed by atoms with Crippen LogP contribution in [0.5, 0.6) is 0 Å². The second-order valence-electron chi connectivity index (χ2n) is 5.32. The van der Waals surface area contributed by atoms with Crippen molar-refractivity contribution in [2.24, 2.45) is 0 Å². The highest BCUT2D eigenvalue weighted by Crippen LogP contribution is 2.30. The van der Waals surface area contributed by atoms with Gasteiger partial charge in [-0.2, -0.15) is 0 Å². The zero-order chi connectivity index (χ0) is 15.7. The van der Waals surface area contributed by atoms with E-state index in [1.807, 2.05) is 6.92 Å². The van der Waals surface area contributed by atoms with E-state index in [0.717, 1.165) is 5.69 Å². The van der Waals surface area contributed by atoms with Crippen molar-refractivity contribution in [1.82, 2.24) is 10.5 Å². The number of sulfone groups is 1. The van der Waals surface area contributed by atoms with Gasteiger partial charge in [-0.25, -0.2) is 8.42 Å². The maximum Gasteiger partial charge on any atom is 0.239 e. The summed E-state index contributed by atoms with van der Waals surface area (Å²) in [6.07, 6.45) is 0.706. The summed E-state index contributed by atoms with van der Waals surface area (Å²) in [6, 6.07) is 8.53. The molecule has 6 nitrogen and oxygen atoms in total. The third-order valence-corrected chi connectivity index (χ3v) is 5.84. The highest BCUT2D eigenvalue weighted by atomic mass is 32.2. The summed E-state index contributed by atoms with van der Waals surface area (Å²) in [5, 5.41) is 5.38. The van der Waals surface area contributed by atoms with Gasteiger partial charge in [0.05, 0.1) is 10.6 Å². The molecule has 0 fully saturated rings. The monoisotopic (exact) mass is 320 g/mol. The van der Waals surface area contributed by atoms with E-state index in [1.54, 1.807) is 30.3 Å². The van der Waals surface area contributed by atoms with Crippen LogP contribution >= 0.6 is 0 Å². The van der Waals surface area contributed by atoms with Crippen LogP contribution in [0.25, 0.3) is 0 Å². The summed E-state index contributed by atoms with van der Waals surface area (Å²) < 4.78 is 29.8. The van der Waals surface area contributed by atoms with Crippen LogP contribution in [0.15, 0.2) is 39.8 Å². The number of carbonyl (C=O) groups is 1. The highest BCUT2D eigenvalue weighted by molar-refractivity contribution is 7.93. The van der Waals surface area contributed by atoms with Gasteiger partial charge in [0.2, 0.25) is 5.91 Å². The molecule has 22 heavy (non-hydrogen) atoms. The molecule has 1 N–H and O–H groups in total. The van der Waals surface area contributed by atoms with E-state index in [2.05, 4.69) is 10.5 Å². The van der Waals surface area contributed by atoms with Crippen LogP contribution in [0, 0.1) is 6.92 Å². The molecule has 0 bridgehead atoms. The summed E-state index contributed by atoms with van der Waals surface area (Å²) in [5.74, 6) is 0.197. The van der Waals surface area contributed by atoms with Gasteiger partial charge in [0.1, 0.15) is 11.0 Å². The van der Waals surface area contributed by atoms with E-state index in [-0.39, 0.29) is 11.3 Å². The standard InChI is InChI=1S/C15H16N2O4S/c1-10-8-12(21-17-10)6-7-16-15(18)14-9-11-4-2-3-5-13(11)22(14,19)20/h2-5,8,14H,6-7,9H2,1H3,(H,16,18). The van der Waals surface area contributed by atoms with Gasteiger partial charge >= 0.3 is 0 Å². The lowest BCUT2D eigenvalue weighted by Gasteiger charge is -2.09. The fourth-order valence-electron chi connectivity index (χ4n) is 2.60. The summed E-state index contributed by atoms with van der Waals surface area (Å²) in [7, 11) is -3.58. The van der Waals surface area contributed by atoms with Crippen LogP contribution in [0.4, 0.5) is 0 Å². The predicted molar refractivity (Wildman–Crippen MR) is 79.1 cm³/mol. The number of carbonyl (C=O) groups excluding carboxylic acids is 1. The van der Waals surface area contributed by atoms with Crippen LogP contribution in [-0.4, -0.2) is 31.3 Å². The second-order valence-corrected chi connectivity index (χ2v) is 7.42.